The normalized spacial score (nSPS) is 11.1. The van der Waals surface area contributed by atoms with Gasteiger partial charge in [-0.05, 0) is 52.5 Å². The lowest BCUT2D eigenvalue weighted by Crippen LogP contribution is -2.37. The van der Waals surface area contributed by atoms with Crippen molar-refractivity contribution in [1.82, 2.24) is 15.5 Å². The van der Waals surface area contributed by atoms with Crippen molar-refractivity contribution in [1.29, 1.82) is 0 Å². The average molecular weight is 506 g/mol. The van der Waals surface area contributed by atoms with Crippen LogP contribution in [0, 0.1) is 0 Å². The molecular weight excluding hydrogens is 467 g/mol. The van der Waals surface area contributed by atoms with E-state index in [2.05, 4.69) is 41.5 Å². The minimum Gasteiger partial charge on any atom is -0.497 e. The lowest BCUT2D eigenvalue weighted by atomic mass is 10.1. The molecule has 1 rings (SSSR count). The van der Waals surface area contributed by atoms with Gasteiger partial charge >= 0.3 is 0 Å². The Morgan fingerprint density at radius 2 is 1.71 bits per heavy atom. The van der Waals surface area contributed by atoms with E-state index >= 15 is 0 Å². The monoisotopic (exact) mass is 506 g/mol. The highest BCUT2D eigenvalue weighted by Crippen LogP contribution is 2.25. The lowest BCUT2D eigenvalue weighted by molar-refractivity contribution is 0.389. The summed E-state index contributed by atoms with van der Waals surface area (Å²) in [5.74, 6) is 2.44. The molecule has 0 aliphatic carbocycles. The Hall–Kier alpha value is -1.22. The molecule has 2 N–H and O–H groups in total. The van der Waals surface area contributed by atoms with Crippen LogP contribution in [0.25, 0.3) is 0 Å². The van der Waals surface area contributed by atoms with Crippen molar-refractivity contribution >= 4 is 29.9 Å². The van der Waals surface area contributed by atoms with Crippen LogP contribution in [0.2, 0.25) is 0 Å². The van der Waals surface area contributed by atoms with Crippen molar-refractivity contribution in [3.63, 3.8) is 0 Å². The highest BCUT2D eigenvalue weighted by atomic mass is 127. The summed E-state index contributed by atoms with van der Waals surface area (Å²) in [6, 6.07) is 5.82. The van der Waals surface area contributed by atoms with E-state index in [1.54, 1.807) is 14.2 Å². The maximum absolute atomic E-state index is 5.45. The van der Waals surface area contributed by atoms with E-state index in [1.807, 2.05) is 18.2 Å². The van der Waals surface area contributed by atoms with E-state index in [9.17, 15) is 0 Å². The molecule has 0 bridgehead atoms. The van der Waals surface area contributed by atoms with Gasteiger partial charge in [0.1, 0.15) is 11.5 Å². The summed E-state index contributed by atoms with van der Waals surface area (Å²) in [4.78, 5) is 6.93. The standard InChI is InChI=1S/C21H38N4O2.HI/c1-6-22-21(23-14-10-8-7-9-11-15-25(2)3)24-17-18-12-13-19(26-4)16-20(18)27-5;/h12-13,16H,6-11,14-15,17H2,1-5H3,(H2,22,23,24);1H. The Labute approximate surface area is 188 Å². The van der Waals surface area contributed by atoms with Gasteiger partial charge in [-0.3, -0.25) is 0 Å². The Bertz CT molecular complexity index is 553. The topological polar surface area (TPSA) is 58.1 Å². The SMILES string of the molecule is CCNC(=NCc1ccc(OC)cc1OC)NCCCCCCCN(C)C.I. The van der Waals surface area contributed by atoms with Gasteiger partial charge in [0.25, 0.3) is 0 Å². The maximum Gasteiger partial charge on any atom is 0.191 e. The summed E-state index contributed by atoms with van der Waals surface area (Å²) < 4.78 is 10.7. The number of nitrogens with zero attached hydrogens (tertiary/aromatic N) is 2. The van der Waals surface area contributed by atoms with Crippen LogP contribution < -0.4 is 20.1 Å². The summed E-state index contributed by atoms with van der Waals surface area (Å²) in [5.41, 5.74) is 1.04. The third-order valence-electron chi connectivity index (χ3n) is 4.32. The molecule has 0 saturated heterocycles. The van der Waals surface area contributed by atoms with Gasteiger partial charge in [-0.15, -0.1) is 24.0 Å². The second-order valence-electron chi connectivity index (χ2n) is 6.87. The number of ether oxygens (including phenoxy) is 2. The van der Waals surface area contributed by atoms with Gasteiger partial charge in [-0.1, -0.05) is 19.3 Å². The fraction of sp³-hybridized carbons (Fsp3) is 0.667. The molecule has 0 aromatic heterocycles. The highest BCUT2D eigenvalue weighted by molar-refractivity contribution is 14.0. The Morgan fingerprint density at radius 3 is 2.36 bits per heavy atom. The number of rotatable bonds is 13. The zero-order valence-electron chi connectivity index (χ0n) is 18.2. The van der Waals surface area contributed by atoms with E-state index in [4.69, 9.17) is 9.47 Å². The minimum atomic E-state index is 0. The number of halogens is 1. The van der Waals surface area contributed by atoms with E-state index in [0.29, 0.717) is 6.54 Å². The summed E-state index contributed by atoms with van der Waals surface area (Å²) in [7, 11) is 7.59. The van der Waals surface area contributed by atoms with Crippen molar-refractivity contribution < 1.29 is 9.47 Å². The summed E-state index contributed by atoms with van der Waals surface area (Å²) in [6.45, 7) is 5.61. The van der Waals surface area contributed by atoms with Crippen LogP contribution in [0.4, 0.5) is 0 Å². The van der Waals surface area contributed by atoms with E-state index in [0.717, 1.165) is 42.5 Å². The first-order valence-corrected chi connectivity index (χ1v) is 9.98. The molecule has 1 aromatic carbocycles. The fourth-order valence-corrected chi connectivity index (χ4v) is 2.78. The molecule has 0 spiro atoms. The second-order valence-corrected chi connectivity index (χ2v) is 6.87. The van der Waals surface area contributed by atoms with Crippen LogP contribution in [0.1, 0.15) is 44.6 Å². The highest BCUT2D eigenvalue weighted by Gasteiger charge is 2.05. The molecule has 0 aliphatic rings. The minimum absolute atomic E-state index is 0. The molecule has 0 heterocycles. The fourth-order valence-electron chi connectivity index (χ4n) is 2.78. The van der Waals surface area contributed by atoms with Gasteiger partial charge in [0.15, 0.2) is 5.96 Å². The van der Waals surface area contributed by atoms with Gasteiger partial charge in [0.2, 0.25) is 0 Å². The van der Waals surface area contributed by atoms with Crippen molar-refractivity contribution in [2.75, 3.05) is 47.9 Å². The van der Waals surface area contributed by atoms with Crippen LogP contribution in [-0.2, 0) is 6.54 Å². The predicted octanol–water partition coefficient (Wildman–Crippen LogP) is 3.89. The van der Waals surface area contributed by atoms with E-state index in [1.165, 1.54) is 32.2 Å². The van der Waals surface area contributed by atoms with Crippen LogP contribution >= 0.6 is 24.0 Å². The number of methoxy groups -OCH3 is 2. The van der Waals surface area contributed by atoms with Crippen molar-refractivity contribution in [3.05, 3.63) is 23.8 Å². The molecule has 0 aliphatic heterocycles. The van der Waals surface area contributed by atoms with Gasteiger partial charge in [-0.2, -0.15) is 0 Å². The zero-order valence-corrected chi connectivity index (χ0v) is 20.5. The molecule has 0 radical (unpaired) electrons. The first-order chi connectivity index (χ1) is 13.1. The summed E-state index contributed by atoms with van der Waals surface area (Å²) in [5, 5.41) is 6.73. The van der Waals surface area contributed by atoms with Crippen LogP contribution in [-0.4, -0.2) is 58.8 Å². The number of guanidine groups is 1. The number of nitrogens with one attached hydrogen (secondary N) is 2. The van der Waals surface area contributed by atoms with Crippen LogP contribution in [0.3, 0.4) is 0 Å². The molecule has 7 heteroatoms. The quantitative estimate of drug-likeness (QED) is 0.184. The van der Waals surface area contributed by atoms with Gasteiger partial charge in [0.05, 0.1) is 20.8 Å². The Morgan fingerprint density at radius 1 is 1.00 bits per heavy atom. The third kappa shape index (κ3) is 11.6. The molecular formula is C21H39IN4O2. The number of hydrogen-bond acceptors (Lipinski definition) is 4. The van der Waals surface area contributed by atoms with Gasteiger partial charge in [-0.25, -0.2) is 4.99 Å². The number of unbranched alkanes of at least 4 members (excludes halogenated alkanes) is 4. The molecule has 0 atom stereocenters. The maximum atomic E-state index is 5.45. The first kappa shape index (κ1) is 26.8. The lowest BCUT2D eigenvalue weighted by Gasteiger charge is -2.13. The van der Waals surface area contributed by atoms with Crippen molar-refractivity contribution in [3.8, 4) is 11.5 Å². The van der Waals surface area contributed by atoms with Gasteiger partial charge in [0, 0.05) is 24.7 Å². The molecule has 28 heavy (non-hydrogen) atoms. The molecule has 6 nitrogen and oxygen atoms in total. The zero-order chi connectivity index (χ0) is 19.9. The largest absolute Gasteiger partial charge is 0.497 e. The molecule has 0 amide bonds. The Kier molecular flexibility index (Phi) is 16.0. The van der Waals surface area contributed by atoms with Crippen molar-refractivity contribution in [2.24, 2.45) is 4.99 Å². The predicted molar refractivity (Wildman–Crippen MR) is 129 cm³/mol. The molecule has 0 fully saturated rings. The van der Waals surface area contributed by atoms with Gasteiger partial charge < -0.3 is 25.0 Å². The third-order valence-corrected chi connectivity index (χ3v) is 4.32. The Balaban J connectivity index is 0.00000729. The van der Waals surface area contributed by atoms with E-state index in [-0.39, 0.29) is 24.0 Å². The smallest absolute Gasteiger partial charge is 0.191 e. The summed E-state index contributed by atoms with van der Waals surface area (Å²) in [6.07, 6.45) is 6.31. The average Bonchev–Trinajstić information content (AvgIpc) is 2.67. The molecule has 1 aromatic rings. The van der Waals surface area contributed by atoms with Crippen LogP contribution in [0.15, 0.2) is 23.2 Å². The number of aliphatic imine (C=N–C) groups is 1. The van der Waals surface area contributed by atoms with Crippen molar-refractivity contribution in [2.45, 2.75) is 45.6 Å². The number of hydrogen-bond donors (Lipinski definition) is 2. The van der Waals surface area contributed by atoms with E-state index < -0.39 is 0 Å². The number of benzene rings is 1. The van der Waals surface area contributed by atoms with Crippen LogP contribution in [0.5, 0.6) is 11.5 Å². The first-order valence-electron chi connectivity index (χ1n) is 9.98. The molecule has 162 valence electrons. The second kappa shape index (κ2) is 16.7. The molecule has 0 unspecified atom stereocenters. The molecule has 0 saturated carbocycles. The summed E-state index contributed by atoms with van der Waals surface area (Å²) >= 11 is 0.